The Labute approximate surface area is 201 Å². The lowest BCUT2D eigenvalue weighted by atomic mass is 10.0. The molecule has 0 atom stereocenters. The minimum absolute atomic E-state index is 0.0329. The SMILES string of the molecule is C=CCc1cc(C=C2C(=O)NC(=O)NC2=O)cc(OCC)c1Oc1ccc(C(F)(F)F)cc1[N+](=O)[O-]. The van der Waals surface area contributed by atoms with Crippen molar-refractivity contribution in [3.63, 3.8) is 0 Å². The molecule has 4 amide bonds. The van der Waals surface area contributed by atoms with Crippen LogP contribution in [0.2, 0.25) is 0 Å². The van der Waals surface area contributed by atoms with Gasteiger partial charge in [0, 0.05) is 11.6 Å². The first kappa shape index (κ1) is 25.9. The number of hydrogen-bond donors (Lipinski definition) is 2. The molecule has 0 saturated carbocycles. The molecule has 188 valence electrons. The third-order valence-electron chi connectivity index (χ3n) is 4.77. The third-order valence-corrected chi connectivity index (χ3v) is 4.77. The molecule has 2 N–H and O–H groups in total. The normalized spacial score (nSPS) is 13.6. The van der Waals surface area contributed by atoms with Gasteiger partial charge in [0.1, 0.15) is 5.57 Å². The number of nitro benzene ring substituents is 1. The van der Waals surface area contributed by atoms with Crippen molar-refractivity contribution in [1.82, 2.24) is 10.6 Å². The summed E-state index contributed by atoms with van der Waals surface area (Å²) in [6, 6.07) is 3.72. The second kappa shape index (κ2) is 10.3. The number of allylic oxidation sites excluding steroid dienone is 1. The van der Waals surface area contributed by atoms with Gasteiger partial charge in [0.2, 0.25) is 5.75 Å². The maximum atomic E-state index is 13.1. The highest BCUT2D eigenvalue weighted by atomic mass is 19.4. The zero-order valence-electron chi connectivity index (χ0n) is 18.6. The van der Waals surface area contributed by atoms with Crippen molar-refractivity contribution in [3.05, 3.63) is 75.4 Å². The van der Waals surface area contributed by atoms with Crippen LogP contribution in [-0.4, -0.2) is 29.4 Å². The van der Waals surface area contributed by atoms with E-state index < -0.39 is 45.9 Å². The highest BCUT2D eigenvalue weighted by Crippen LogP contribution is 2.42. The molecule has 36 heavy (non-hydrogen) atoms. The average Bonchev–Trinajstić information content (AvgIpc) is 2.78. The lowest BCUT2D eigenvalue weighted by Gasteiger charge is -2.18. The van der Waals surface area contributed by atoms with Crippen molar-refractivity contribution in [3.8, 4) is 17.2 Å². The molecule has 1 aliphatic heterocycles. The Bertz CT molecular complexity index is 1280. The van der Waals surface area contributed by atoms with Crippen LogP contribution >= 0.6 is 0 Å². The van der Waals surface area contributed by atoms with Crippen LogP contribution in [0.4, 0.5) is 23.7 Å². The van der Waals surface area contributed by atoms with Crippen molar-refractivity contribution >= 4 is 29.6 Å². The van der Waals surface area contributed by atoms with E-state index >= 15 is 0 Å². The van der Waals surface area contributed by atoms with Gasteiger partial charge in [-0.3, -0.25) is 30.3 Å². The number of rotatable bonds is 8. The Balaban J connectivity index is 2.13. The molecule has 0 aromatic heterocycles. The smallest absolute Gasteiger partial charge is 0.416 e. The standard InChI is InChI=1S/C23H18F3N3O7/c1-3-5-13-8-12(9-15-20(30)27-22(32)28-21(15)31)10-18(35-4-2)19(13)36-17-7-6-14(23(24,25)26)11-16(17)29(33)34/h3,6-11H,1,4-5H2,2H3,(H2,27,28,30,31,32). The number of urea groups is 1. The van der Waals surface area contributed by atoms with Gasteiger partial charge in [-0.25, -0.2) is 4.79 Å². The summed E-state index contributed by atoms with van der Waals surface area (Å²) < 4.78 is 50.5. The van der Waals surface area contributed by atoms with E-state index in [1.165, 1.54) is 24.3 Å². The predicted octanol–water partition coefficient (Wildman–Crippen LogP) is 4.28. The third kappa shape index (κ3) is 5.68. The number of benzene rings is 2. The number of nitrogens with zero attached hydrogens (tertiary/aromatic N) is 1. The highest BCUT2D eigenvalue weighted by Gasteiger charge is 2.34. The summed E-state index contributed by atoms with van der Waals surface area (Å²) >= 11 is 0. The number of carbonyl (C=O) groups excluding carboxylic acids is 3. The first-order chi connectivity index (χ1) is 16.9. The number of imide groups is 2. The van der Waals surface area contributed by atoms with Gasteiger partial charge in [-0.15, -0.1) is 6.58 Å². The summed E-state index contributed by atoms with van der Waals surface area (Å²) in [6.45, 7) is 5.37. The van der Waals surface area contributed by atoms with Gasteiger partial charge < -0.3 is 9.47 Å². The lowest BCUT2D eigenvalue weighted by molar-refractivity contribution is -0.385. The van der Waals surface area contributed by atoms with E-state index in [2.05, 4.69) is 6.58 Å². The Morgan fingerprint density at radius 1 is 1.08 bits per heavy atom. The number of nitro groups is 1. The quantitative estimate of drug-likeness (QED) is 0.180. The zero-order valence-corrected chi connectivity index (χ0v) is 18.6. The molecule has 0 bridgehead atoms. The van der Waals surface area contributed by atoms with Gasteiger partial charge in [0.15, 0.2) is 11.5 Å². The van der Waals surface area contributed by atoms with Crippen LogP contribution < -0.4 is 20.1 Å². The summed E-state index contributed by atoms with van der Waals surface area (Å²) in [5.74, 6) is -2.31. The lowest BCUT2D eigenvalue weighted by Crippen LogP contribution is -2.51. The molecule has 0 spiro atoms. The number of amides is 4. The fourth-order valence-corrected chi connectivity index (χ4v) is 3.26. The number of alkyl halides is 3. The molecule has 1 heterocycles. The fourth-order valence-electron chi connectivity index (χ4n) is 3.26. The second-order valence-corrected chi connectivity index (χ2v) is 7.27. The van der Waals surface area contributed by atoms with E-state index in [1.807, 2.05) is 10.6 Å². The number of hydrogen-bond acceptors (Lipinski definition) is 7. The minimum Gasteiger partial charge on any atom is -0.490 e. The van der Waals surface area contributed by atoms with E-state index in [-0.39, 0.29) is 35.7 Å². The summed E-state index contributed by atoms with van der Waals surface area (Å²) in [5.41, 5.74) is -1.89. The molecule has 1 fully saturated rings. The maximum absolute atomic E-state index is 13.1. The second-order valence-electron chi connectivity index (χ2n) is 7.27. The first-order valence-corrected chi connectivity index (χ1v) is 10.3. The molecule has 0 aliphatic carbocycles. The van der Waals surface area contributed by atoms with Crippen LogP contribution in [0, 0.1) is 10.1 Å². The number of halogens is 3. The van der Waals surface area contributed by atoms with Gasteiger partial charge in [0.05, 0.1) is 17.1 Å². The molecule has 0 radical (unpaired) electrons. The van der Waals surface area contributed by atoms with Crippen molar-refractivity contribution in [2.75, 3.05) is 6.61 Å². The van der Waals surface area contributed by atoms with Crippen LogP contribution in [0.1, 0.15) is 23.6 Å². The van der Waals surface area contributed by atoms with Crippen molar-refractivity contribution in [2.24, 2.45) is 0 Å². The van der Waals surface area contributed by atoms with E-state index in [9.17, 15) is 37.7 Å². The van der Waals surface area contributed by atoms with Crippen LogP contribution in [0.25, 0.3) is 6.08 Å². The van der Waals surface area contributed by atoms with E-state index in [0.29, 0.717) is 17.7 Å². The molecule has 1 saturated heterocycles. The summed E-state index contributed by atoms with van der Waals surface area (Å²) in [5, 5.41) is 15.4. The predicted molar refractivity (Wildman–Crippen MR) is 119 cm³/mol. The molecular weight excluding hydrogens is 487 g/mol. The molecule has 2 aromatic carbocycles. The van der Waals surface area contributed by atoms with Crippen molar-refractivity contribution < 1.29 is 42.0 Å². The zero-order chi connectivity index (χ0) is 26.6. The van der Waals surface area contributed by atoms with Gasteiger partial charge in [-0.2, -0.15) is 13.2 Å². The molecule has 0 unspecified atom stereocenters. The van der Waals surface area contributed by atoms with Crippen LogP contribution in [0.15, 0.2) is 48.6 Å². The summed E-state index contributed by atoms with van der Waals surface area (Å²) in [6.07, 6.45) is -2.02. The van der Waals surface area contributed by atoms with Gasteiger partial charge in [0.25, 0.3) is 11.8 Å². The fraction of sp³-hybridized carbons (Fsp3) is 0.174. The largest absolute Gasteiger partial charge is 0.490 e. The van der Waals surface area contributed by atoms with Gasteiger partial charge in [-0.05, 0) is 49.2 Å². The number of nitrogens with one attached hydrogen (secondary N) is 2. The monoisotopic (exact) mass is 505 g/mol. The van der Waals surface area contributed by atoms with Crippen LogP contribution in [0.5, 0.6) is 17.2 Å². The van der Waals surface area contributed by atoms with Crippen molar-refractivity contribution in [2.45, 2.75) is 19.5 Å². The average molecular weight is 505 g/mol. The van der Waals surface area contributed by atoms with Gasteiger partial charge in [-0.1, -0.05) is 6.08 Å². The van der Waals surface area contributed by atoms with Gasteiger partial charge >= 0.3 is 17.9 Å². The Hall–Kier alpha value is -4.68. The summed E-state index contributed by atoms with van der Waals surface area (Å²) in [4.78, 5) is 45.9. The minimum atomic E-state index is -4.80. The molecule has 2 aromatic rings. The molecular formula is C23H18F3N3O7. The highest BCUT2D eigenvalue weighted by molar-refractivity contribution is 6.31. The summed E-state index contributed by atoms with van der Waals surface area (Å²) in [7, 11) is 0. The Morgan fingerprint density at radius 3 is 2.31 bits per heavy atom. The van der Waals surface area contributed by atoms with Crippen molar-refractivity contribution in [1.29, 1.82) is 0 Å². The molecule has 13 heteroatoms. The first-order valence-electron chi connectivity index (χ1n) is 10.3. The van der Waals surface area contributed by atoms with Crippen LogP contribution in [0.3, 0.4) is 0 Å². The molecule has 1 aliphatic rings. The Kier molecular flexibility index (Phi) is 7.42. The Morgan fingerprint density at radius 2 is 1.75 bits per heavy atom. The molecule has 3 rings (SSSR count). The van der Waals surface area contributed by atoms with E-state index in [1.54, 1.807) is 6.92 Å². The van der Waals surface area contributed by atoms with E-state index in [4.69, 9.17) is 9.47 Å². The number of barbiturate groups is 1. The van der Waals surface area contributed by atoms with E-state index in [0.717, 1.165) is 6.07 Å². The van der Waals surface area contributed by atoms with Crippen LogP contribution in [-0.2, 0) is 22.2 Å². The topological polar surface area (TPSA) is 137 Å². The molecule has 10 nitrogen and oxygen atoms in total. The number of ether oxygens (including phenoxy) is 2. The maximum Gasteiger partial charge on any atom is 0.416 e. The number of carbonyl (C=O) groups is 3.